The van der Waals surface area contributed by atoms with Crippen molar-refractivity contribution in [3.8, 4) is 11.8 Å². The summed E-state index contributed by atoms with van der Waals surface area (Å²) in [5, 5.41) is 28.3. The number of benzene rings is 1. The fraction of sp³-hybridized carbons (Fsp3) is 0.526. The molecule has 1 fully saturated rings. The molecule has 3 rings (SSSR count). The highest BCUT2D eigenvalue weighted by atomic mass is 16.5. The summed E-state index contributed by atoms with van der Waals surface area (Å²) in [5.74, 6) is 0.691. The number of hydrogen-bond donors (Lipinski definition) is 1. The molecule has 1 aromatic carbocycles. The Kier molecular flexibility index (Phi) is 5.55. The highest BCUT2D eigenvalue weighted by Gasteiger charge is 2.37. The standard InChI is InChI=1S/C19H25N5O2/c1-15(2)24-13-18(21-22-24)19(25)7-4-8-23(14-19)9-10-26-17-6-3-5-16(11-17)12-20/h3,5-6,11,13,15,25H,4,7-10,14H2,1-2H3. The zero-order valence-corrected chi connectivity index (χ0v) is 15.3. The van der Waals surface area contributed by atoms with E-state index in [-0.39, 0.29) is 6.04 Å². The fourth-order valence-electron chi connectivity index (χ4n) is 3.21. The van der Waals surface area contributed by atoms with Crippen LogP contribution in [0.2, 0.25) is 0 Å². The fourth-order valence-corrected chi connectivity index (χ4v) is 3.21. The van der Waals surface area contributed by atoms with Gasteiger partial charge in [0, 0.05) is 19.1 Å². The van der Waals surface area contributed by atoms with Crippen LogP contribution in [-0.2, 0) is 5.60 Å². The first-order chi connectivity index (χ1) is 12.5. The molecule has 1 aliphatic rings. The van der Waals surface area contributed by atoms with E-state index in [1.54, 1.807) is 16.8 Å². The summed E-state index contributed by atoms with van der Waals surface area (Å²) >= 11 is 0. The molecular weight excluding hydrogens is 330 g/mol. The van der Waals surface area contributed by atoms with Gasteiger partial charge in [-0.2, -0.15) is 5.26 Å². The number of likely N-dealkylation sites (tertiary alicyclic amines) is 1. The highest BCUT2D eigenvalue weighted by molar-refractivity contribution is 5.36. The number of ether oxygens (including phenoxy) is 1. The Bertz CT molecular complexity index is 782. The van der Waals surface area contributed by atoms with Gasteiger partial charge in [-0.25, -0.2) is 4.68 Å². The van der Waals surface area contributed by atoms with Gasteiger partial charge in [-0.15, -0.1) is 5.10 Å². The lowest BCUT2D eigenvalue weighted by molar-refractivity contribution is -0.0413. The van der Waals surface area contributed by atoms with Crippen molar-refractivity contribution in [2.75, 3.05) is 26.2 Å². The normalized spacial score (nSPS) is 20.9. The molecule has 2 aromatic rings. The van der Waals surface area contributed by atoms with Crippen molar-refractivity contribution in [2.24, 2.45) is 0 Å². The predicted molar refractivity (Wildman–Crippen MR) is 96.6 cm³/mol. The van der Waals surface area contributed by atoms with Gasteiger partial charge < -0.3 is 9.84 Å². The molecule has 1 aliphatic heterocycles. The molecule has 0 radical (unpaired) electrons. The van der Waals surface area contributed by atoms with Crippen LogP contribution in [-0.4, -0.2) is 51.2 Å². The average Bonchev–Trinajstić information content (AvgIpc) is 3.13. The second-order valence-electron chi connectivity index (χ2n) is 7.08. The van der Waals surface area contributed by atoms with Gasteiger partial charge in [-0.05, 0) is 51.4 Å². The largest absolute Gasteiger partial charge is 0.492 e. The maximum Gasteiger partial charge on any atom is 0.123 e. The van der Waals surface area contributed by atoms with E-state index < -0.39 is 5.60 Å². The minimum absolute atomic E-state index is 0.220. The van der Waals surface area contributed by atoms with Crippen LogP contribution < -0.4 is 4.74 Å². The van der Waals surface area contributed by atoms with Crippen LogP contribution in [0.4, 0.5) is 0 Å². The molecule has 1 aromatic heterocycles. The minimum Gasteiger partial charge on any atom is -0.492 e. The third kappa shape index (κ3) is 4.21. The zero-order chi connectivity index (χ0) is 18.6. The number of nitriles is 1. The molecule has 1 N–H and O–H groups in total. The molecule has 7 heteroatoms. The number of hydrogen-bond acceptors (Lipinski definition) is 6. The second-order valence-corrected chi connectivity index (χ2v) is 7.08. The molecule has 26 heavy (non-hydrogen) atoms. The maximum absolute atomic E-state index is 11.1. The van der Waals surface area contributed by atoms with Crippen LogP contribution in [0.15, 0.2) is 30.5 Å². The number of aromatic nitrogens is 3. The van der Waals surface area contributed by atoms with Crippen LogP contribution in [0.3, 0.4) is 0 Å². The lowest BCUT2D eigenvalue weighted by Crippen LogP contribution is -2.47. The lowest BCUT2D eigenvalue weighted by atomic mass is 9.90. The van der Waals surface area contributed by atoms with Crippen LogP contribution in [0, 0.1) is 11.3 Å². The first-order valence-corrected chi connectivity index (χ1v) is 9.00. The van der Waals surface area contributed by atoms with Gasteiger partial charge >= 0.3 is 0 Å². The molecule has 0 saturated carbocycles. The summed E-state index contributed by atoms with van der Waals surface area (Å²) in [6, 6.07) is 9.47. The Morgan fingerprint density at radius 3 is 3.00 bits per heavy atom. The van der Waals surface area contributed by atoms with Crippen molar-refractivity contribution >= 4 is 0 Å². The summed E-state index contributed by atoms with van der Waals surface area (Å²) in [5.41, 5.74) is 0.258. The Morgan fingerprint density at radius 1 is 1.42 bits per heavy atom. The molecular formula is C19H25N5O2. The van der Waals surface area contributed by atoms with Crippen LogP contribution in [0.5, 0.6) is 5.75 Å². The summed E-state index contributed by atoms with van der Waals surface area (Å²) in [7, 11) is 0. The van der Waals surface area contributed by atoms with Crippen molar-refractivity contribution in [3.05, 3.63) is 41.7 Å². The Labute approximate surface area is 153 Å². The summed E-state index contributed by atoms with van der Waals surface area (Å²) in [6.07, 6.45) is 3.43. The summed E-state index contributed by atoms with van der Waals surface area (Å²) in [4.78, 5) is 2.19. The number of rotatable bonds is 6. The number of nitrogens with zero attached hydrogens (tertiary/aromatic N) is 5. The van der Waals surface area contributed by atoms with E-state index >= 15 is 0 Å². The third-order valence-electron chi connectivity index (χ3n) is 4.71. The van der Waals surface area contributed by atoms with Gasteiger partial charge in [0.25, 0.3) is 0 Å². The Hall–Kier alpha value is -2.43. The van der Waals surface area contributed by atoms with E-state index in [1.165, 1.54) is 0 Å². The first-order valence-electron chi connectivity index (χ1n) is 9.00. The monoisotopic (exact) mass is 355 g/mol. The molecule has 2 heterocycles. The molecule has 1 atom stereocenters. The molecule has 0 amide bonds. The molecule has 0 bridgehead atoms. The van der Waals surface area contributed by atoms with E-state index in [1.807, 2.05) is 32.2 Å². The van der Waals surface area contributed by atoms with Gasteiger partial charge in [0.15, 0.2) is 0 Å². The molecule has 1 saturated heterocycles. The minimum atomic E-state index is -0.966. The third-order valence-corrected chi connectivity index (χ3v) is 4.71. The van der Waals surface area contributed by atoms with Crippen LogP contribution in [0.1, 0.15) is 44.0 Å². The predicted octanol–water partition coefficient (Wildman–Crippen LogP) is 2.09. The second kappa shape index (κ2) is 7.85. The molecule has 0 aliphatic carbocycles. The quantitative estimate of drug-likeness (QED) is 0.854. The van der Waals surface area contributed by atoms with Gasteiger partial charge in [-0.3, -0.25) is 4.90 Å². The number of piperidine rings is 1. The number of aliphatic hydroxyl groups is 1. The smallest absolute Gasteiger partial charge is 0.123 e. The highest BCUT2D eigenvalue weighted by Crippen LogP contribution is 2.30. The van der Waals surface area contributed by atoms with E-state index in [0.29, 0.717) is 43.1 Å². The molecule has 138 valence electrons. The van der Waals surface area contributed by atoms with Crippen molar-refractivity contribution in [3.63, 3.8) is 0 Å². The SMILES string of the molecule is CC(C)n1cc(C2(O)CCCN(CCOc3cccc(C#N)c3)C2)nn1. The van der Waals surface area contributed by atoms with Crippen molar-refractivity contribution in [1.82, 2.24) is 19.9 Å². The van der Waals surface area contributed by atoms with E-state index in [2.05, 4.69) is 21.3 Å². The Morgan fingerprint density at radius 2 is 2.27 bits per heavy atom. The van der Waals surface area contributed by atoms with Crippen molar-refractivity contribution in [2.45, 2.75) is 38.3 Å². The van der Waals surface area contributed by atoms with Crippen LogP contribution in [0.25, 0.3) is 0 Å². The summed E-state index contributed by atoms with van der Waals surface area (Å²) in [6.45, 7) is 6.72. The topological polar surface area (TPSA) is 87.2 Å². The zero-order valence-electron chi connectivity index (χ0n) is 15.3. The summed E-state index contributed by atoms with van der Waals surface area (Å²) < 4.78 is 7.53. The van der Waals surface area contributed by atoms with Crippen molar-refractivity contribution < 1.29 is 9.84 Å². The Balaban J connectivity index is 1.56. The van der Waals surface area contributed by atoms with Gasteiger partial charge in [0.2, 0.25) is 0 Å². The van der Waals surface area contributed by atoms with Crippen LogP contribution >= 0.6 is 0 Å². The van der Waals surface area contributed by atoms with Gasteiger partial charge in [-0.1, -0.05) is 11.3 Å². The van der Waals surface area contributed by atoms with E-state index in [0.717, 1.165) is 13.0 Å². The van der Waals surface area contributed by atoms with Crippen molar-refractivity contribution in [1.29, 1.82) is 5.26 Å². The molecule has 1 unspecified atom stereocenters. The maximum atomic E-state index is 11.1. The first kappa shape index (κ1) is 18.4. The van der Waals surface area contributed by atoms with Gasteiger partial charge in [0.1, 0.15) is 23.7 Å². The van der Waals surface area contributed by atoms with E-state index in [9.17, 15) is 5.11 Å². The lowest BCUT2D eigenvalue weighted by Gasteiger charge is -2.37. The average molecular weight is 355 g/mol. The molecule has 0 spiro atoms. The molecule has 7 nitrogen and oxygen atoms in total. The van der Waals surface area contributed by atoms with Gasteiger partial charge in [0.05, 0.1) is 17.8 Å². The number of β-amino-alcohol motifs (C(OH)–C–C–N with tert-alkyl or cyclic N) is 1. The van der Waals surface area contributed by atoms with E-state index in [4.69, 9.17) is 10.00 Å².